The molecule has 4 amide bonds. The van der Waals surface area contributed by atoms with Crippen LogP contribution in [-0.4, -0.2) is 75.7 Å². The van der Waals surface area contributed by atoms with E-state index in [1.54, 1.807) is 18.7 Å². The van der Waals surface area contributed by atoms with E-state index < -0.39 is 17.0 Å². The van der Waals surface area contributed by atoms with Crippen LogP contribution in [0, 0.1) is 23.0 Å². The number of carbonyl (C=O) groups excluding carboxylic acids is 4. The molecule has 282 valence electrons. The van der Waals surface area contributed by atoms with Crippen molar-refractivity contribution in [3.63, 3.8) is 0 Å². The monoisotopic (exact) mass is 737 g/mol. The number of benzene rings is 2. The van der Waals surface area contributed by atoms with Crippen molar-refractivity contribution in [3.8, 4) is 11.1 Å². The first kappa shape index (κ1) is 40.7. The minimum atomic E-state index is -0.527. The molecule has 2 aromatic carbocycles. The highest BCUT2D eigenvalue weighted by atomic mass is 32.2. The van der Waals surface area contributed by atoms with E-state index >= 15 is 4.39 Å². The van der Waals surface area contributed by atoms with E-state index in [-0.39, 0.29) is 66.4 Å². The maximum Gasteiger partial charge on any atom is 0.233 e. The number of aromatic nitrogens is 1. The Morgan fingerprint density at radius 1 is 1.04 bits per heavy atom. The van der Waals surface area contributed by atoms with Crippen molar-refractivity contribution in [2.24, 2.45) is 17.1 Å². The van der Waals surface area contributed by atoms with Crippen LogP contribution in [0.5, 0.6) is 0 Å². The fourth-order valence-electron chi connectivity index (χ4n) is 6.66. The topological polar surface area (TPSA) is 118 Å². The van der Waals surface area contributed by atoms with Crippen LogP contribution in [0.3, 0.4) is 0 Å². The molecule has 2 atom stereocenters. The van der Waals surface area contributed by atoms with Crippen molar-refractivity contribution in [2.45, 2.75) is 78.8 Å². The second kappa shape index (κ2) is 19.2. The number of likely N-dealkylation sites (tertiary alicyclic amines) is 1. The van der Waals surface area contributed by atoms with Gasteiger partial charge in [-0.2, -0.15) is 11.8 Å². The van der Waals surface area contributed by atoms with Gasteiger partial charge in [0.05, 0.1) is 11.8 Å². The fourth-order valence-corrected chi connectivity index (χ4v) is 7.55. The number of rotatable bonds is 19. The molecule has 3 N–H and O–H groups in total. The minimum absolute atomic E-state index is 0.0203. The highest BCUT2D eigenvalue weighted by molar-refractivity contribution is 7.99. The summed E-state index contributed by atoms with van der Waals surface area (Å²) in [4.78, 5) is 53.4. The Balaban J connectivity index is 1.38. The van der Waals surface area contributed by atoms with Gasteiger partial charge in [0, 0.05) is 68.0 Å². The average Bonchev–Trinajstić information content (AvgIpc) is 3.61. The number of halogens is 2. The Morgan fingerprint density at radius 3 is 2.46 bits per heavy atom. The summed E-state index contributed by atoms with van der Waals surface area (Å²) in [6, 6.07) is 14.8. The molecule has 0 aliphatic carbocycles. The van der Waals surface area contributed by atoms with Gasteiger partial charge in [0.15, 0.2) is 0 Å². The van der Waals surface area contributed by atoms with Gasteiger partial charge in [-0.05, 0) is 66.8 Å². The first-order chi connectivity index (χ1) is 24.8. The maximum atomic E-state index is 15.0. The number of thioether (sulfide) groups is 1. The fraction of sp³-hybridized carbons (Fsp3) is 0.500. The number of hydrogen-bond donors (Lipinski definition) is 2. The molecule has 1 saturated heterocycles. The maximum absolute atomic E-state index is 15.0. The summed E-state index contributed by atoms with van der Waals surface area (Å²) in [5.74, 6) is -0.824. The molecule has 1 aliphatic heterocycles. The lowest BCUT2D eigenvalue weighted by Gasteiger charge is -2.41. The summed E-state index contributed by atoms with van der Waals surface area (Å²) in [6.07, 6.45) is 5.39. The van der Waals surface area contributed by atoms with E-state index in [4.69, 9.17) is 5.73 Å². The van der Waals surface area contributed by atoms with Crippen LogP contribution in [0.15, 0.2) is 60.8 Å². The predicted molar refractivity (Wildman–Crippen MR) is 202 cm³/mol. The Hall–Kier alpha value is -4.03. The highest BCUT2D eigenvalue weighted by Gasteiger charge is 2.37. The first-order valence-corrected chi connectivity index (χ1v) is 19.3. The minimum Gasteiger partial charge on any atom is -0.354 e. The van der Waals surface area contributed by atoms with Gasteiger partial charge < -0.3 is 20.5 Å². The molecule has 0 saturated carbocycles. The van der Waals surface area contributed by atoms with Crippen molar-refractivity contribution in [1.82, 2.24) is 19.7 Å². The standard InChI is InChI=1S/C40H53F2N5O4S/c1-28-22-36(49)47(39(28)51)20-18-44-35(48)14-9-6-10-21-52-27-37(50)46(19-11-17-43)38(40(2,3)4)34-23-30(32-24-31(41)15-16-33(32)42)26-45(34)25-29-12-7-5-8-13-29/h5,7-8,12-13,15-16,23-24,26,28,38H,6,9-11,14,17-22,25,27,43H2,1-4H3,(H,44,48)/t28?,38-/m0/s1. The van der Waals surface area contributed by atoms with Crippen LogP contribution in [-0.2, 0) is 25.7 Å². The lowest BCUT2D eigenvalue weighted by Crippen LogP contribution is -2.44. The molecular formula is C40H53F2N5O4S. The van der Waals surface area contributed by atoms with Gasteiger partial charge in [0.1, 0.15) is 11.6 Å². The summed E-state index contributed by atoms with van der Waals surface area (Å²) in [5, 5.41) is 2.79. The molecule has 3 aromatic rings. The number of hydrogen-bond acceptors (Lipinski definition) is 6. The van der Waals surface area contributed by atoms with Crippen molar-refractivity contribution in [3.05, 3.63) is 83.7 Å². The van der Waals surface area contributed by atoms with E-state index in [1.807, 2.05) is 52.1 Å². The zero-order valence-corrected chi connectivity index (χ0v) is 31.7. The second-order valence-electron chi connectivity index (χ2n) is 14.6. The Bertz CT molecular complexity index is 1680. The van der Waals surface area contributed by atoms with Crippen LogP contribution >= 0.6 is 11.8 Å². The molecule has 4 rings (SSSR count). The number of imide groups is 1. The van der Waals surface area contributed by atoms with Gasteiger partial charge in [0.25, 0.3) is 0 Å². The van der Waals surface area contributed by atoms with Crippen molar-refractivity contribution in [2.75, 3.05) is 37.7 Å². The normalized spacial score (nSPS) is 15.3. The molecule has 1 aromatic heterocycles. The lowest BCUT2D eigenvalue weighted by atomic mass is 9.83. The number of nitrogens with one attached hydrogen (secondary N) is 1. The number of nitrogens with zero attached hydrogens (tertiary/aromatic N) is 3. The van der Waals surface area contributed by atoms with Gasteiger partial charge in [0.2, 0.25) is 23.6 Å². The average molecular weight is 738 g/mol. The van der Waals surface area contributed by atoms with Crippen molar-refractivity contribution in [1.29, 1.82) is 0 Å². The van der Waals surface area contributed by atoms with Gasteiger partial charge in [-0.25, -0.2) is 8.78 Å². The smallest absolute Gasteiger partial charge is 0.233 e. The summed E-state index contributed by atoms with van der Waals surface area (Å²) in [5.41, 5.74) is 8.10. The number of carbonyl (C=O) groups is 4. The van der Waals surface area contributed by atoms with E-state index in [1.165, 1.54) is 11.0 Å². The third-order valence-corrected chi connectivity index (χ3v) is 10.3. The van der Waals surface area contributed by atoms with E-state index in [2.05, 4.69) is 26.1 Å². The van der Waals surface area contributed by atoms with Gasteiger partial charge >= 0.3 is 0 Å². The molecule has 0 bridgehead atoms. The lowest BCUT2D eigenvalue weighted by molar-refractivity contribution is -0.139. The molecule has 1 unspecified atom stereocenters. The zero-order chi connectivity index (χ0) is 37.8. The second-order valence-corrected chi connectivity index (χ2v) is 15.7. The van der Waals surface area contributed by atoms with Crippen LogP contribution in [0.4, 0.5) is 8.78 Å². The summed E-state index contributed by atoms with van der Waals surface area (Å²) >= 11 is 1.56. The van der Waals surface area contributed by atoms with Crippen LogP contribution in [0.1, 0.15) is 83.5 Å². The van der Waals surface area contributed by atoms with Crippen LogP contribution < -0.4 is 11.1 Å². The first-order valence-electron chi connectivity index (χ1n) is 18.2. The largest absolute Gasteiger partial charge is 0.354 e. The predicted octanol–water partition coefficient (Wildman–Crippen LogP) is 6.55. The van der Waals surface area contributed by atoms with Crippen LogP contribution in [0.2, 0.25) is 0 Å². The van der Waals surface area contributed by atoms with Crippen molar-refractivity contribution < 1.29 is 28.0 Å². The third kappa shape index (κ3) is 11.2. The summed E-state index contributed by atoms with van der Waals surface area (Å²) < 4.78 is 31.4. The molecule has 1 aliphatic rings. The van der Waals surface area contributed by atoms with Crippen LogP contribution in [0.25, 0.3) is 11.1 Å². The van der Waals surface area contributed by atoms with Gasteiger partial charge in [-0.1, -0.05) is 64.4 Å². The van der Waals surface area contributed by atoms with E-state index in [0.717, 1.165) is 42.0 Å². The summed E-state index contributed by atoms with van der Waals surface area (Å²) in [7, 11) is 0. The quantitative estimate of drug-likeness (QED) is 0.107. The van der Waals surface area contributed by atoms with Crippen molar-refractivity contribution >= 4 is 35.4 Å². The molecule has 2 heterocycles. The van der Waals surface area contributed by atoms with E-state index in [9.17, 15) is 23.6 Å². The number of unbranched alkanes of at least 4 members (excludes halogenated alkanes) is 2. The molecule has 0 radical (unpaired) electrons. The van der Waals surface area contributed by atoms with E-state index in [0.29, 0.717) is 44.5 Å². The molecule has 1 fully saturated rings. The van der Waals surface area contributed by atoms with Gasteiger partial charge in [-0.15, -0.1) is 0 Å². The number of amides is 4. The molecule has 0 spiro atoms. The molecule has 9 nitrogen and oxygen atoms in total. The Labute approximate surface area is 310 Å². The zero-order valence-electron chi connectivity index (χ0n) is 30.8. The highest BCUT2D eigenvalue weighted by Crippen LogP contribution is 2.41. The van der Waals surface area contributed by atoms with Gasteiger partial charge in [-0.3, -0.25) is 24.1 Å². The Kier molecular flexibility index (Phi) is 15.0. The number of nitrogens with two attached hydrogens (primary N) is 1. The SMILES string of the molecule is CC1CC(=O)N(CCNC(=O)CCCCCSCC(=O)N(CCCN)[C@@H](c2cc(-c3cc(F)ccc3F)cn2Cc2ccccc2)C(C)(C)C)C1=O. The molecule has 12 heteroatoms. The molecular weight excluding hydrogens is 685 g/mol. The Morgan fingerprint density at radius 2 is 1.79 bits per heavy atom. The third-order valence-electron chi connectivity index (χ3n) is 9.25. The molecule has 52 heavy (non-hydrogen) atoms. The summed E-state index contributed by atoms with van der Waals surface area (Å²) in [6.45, 7) is 9.78.